The Morgan fingerprint density at radius 3 is 2.50 bits per heavy atom. The van der Waals surface area contributed by atoms with Crippen LogP contribution in [0.15, 0.2) is 71.6 Å². The second kappa shape index (κ2) is 8.70. The minimum Gasteiger partial charge on any atom is -0.356 e. The molecule has 5 rings (SSSR count). The monoisotopic (exact) mass is 425 g/mol. The van der Waals surface area contributed by atoms with Crippen LogP contribution in [-0.2, 0) is 0 Å². The average Bonchev–Trinajstić information content (AvgIpc) is 3.30. The molecule has 0 aliphatic carbocycles. The van der Waals surface area contributed by atoms with E-state index in [1.54, 1.807) is 12.4 Å². The van der Waals surface area contributed by atoms with Crippen molar-refractivity contribution in [2.45, 2.75) is 25.7 Å². The summed E-state index contributed by atoms with van der Waals surface area (Å²) in [5, 5.41) is 4.04. The molecule has 1 aliphatic heterocycles. The Balaban J connectivity index is 1.43. The zero-order chi connectivity index (χ0) is 21.9. The molecule has 0 bridgehead atoms. The highest BCUT2D eigenvalue weighted by Crippen LogP contribution is 2.35. The maximum absolute atomic E-state index is 12.8. The van der Waals surface area contributed by atoms with Crippen LogP contribution in [0, 0.1) is 6.92 Å². The number of aryl methyl sites for hydroxylation is 1. The Hall–Kier alpha value is -3.87. The first-order valence-electron chi connectivity index (χ1n) is 10.7. The van der Waals surface area contributed by atoms with Crippen LogP contribution in [-0.4, -0.2) is 44.0 Å². The smallest absolute Gasteiger partial charge is 0.253 e. The number of hydrogen-bond acceptors (Lipinski definition) is 6. The van der Waals surface area contributed by atoms with Crippen molar-refractivity contribution in [2.24, 2.45) is 0 Å². The summed E-state index contributed by atoms with van der Waals surface area (Å²) in [4.78, 5) is 28.4. The molecule has 4 heterocycles. The highest BCUT2D eigenvalue weighted by atomic mass is 16.5. The van der Waals surface area contributed by atoms with Gasteiger partial charge in [0.2, 0.25) is 0 Å². The Bertz CT molecular complexity index is 1220. The van der Waals surface area contributed by atoms with Gasteiger partial charge in [-0.3, -0.25) is 9.78 Å². The number of carbonyl (C=O) groups excluding carboxylic acids is 1. The van der Waals surface area contributed by atoms with Crippen LogP contribution >= 0.6 is 0 Å². The highest BCUT2D eigenvalue weighted by molar-refractivity contribution is 5.94. The normalized spacial score (nSPS) is 14.5. The zero-order valence-electron chi connectivity index (χ0n) is 17.8. The number of pyridine rings is 1. The molecule has 32 heavy (non-hydrogen) atoms. The Kier molecular flexibility index (Phi) is 5.46. The molecular formula is C25H23N5O2. The van der Waals surface area contributed by atoms with Gasteiger partial charge in [0, 0.05) is 54.8 Å². The fourth-order valence-corrected chi connectivity index (χ4v) is 4.15. The molecule has 0 atom stereocenters. The summed E-state index contributed by atoms with van der Waals surface area (Å²) < 4.78 is 5.54. The van der Waals surface area contributed by atoms with Gasteiger partial charge in [-0.1, -0.05) is 23.4 Å². The highest BCUT2D eigenvalue weighted by Gasteiger charge is 2.28. The molecule has 0 N–H and O–H groups in total. The Labute approximate surface area is 186 Å². The van der Waals surface area contributed by atoms with E-state index in [4.69, 9.17) is 9.51 Å². The molecule has 0 radical (unpaired) electrons. The van der Waals surface area contributed by atoms with Gasteiger partial charge in [0.05, 0.1) is 17.0 Å². The third-order valence-corrected chi connectivity index (χ3v) is 5.84. The zero-order valence-corrected chi connectivity index (χ0v) is 17.8. The molecule has 3 aromatic heterocycles. The molecule has 7 heteroatoms. The molecule has 7 nitrogen and oxygen atoms in total. The van der Waals surface area contributed by atoms with Crippen LogP contribution in [0.3, 0.4) is 0 Å². The minimum atomic E-state index is 0.0790. The minimum absolute atomic E-state index is 0.0790. The third-order valence-electron chi connectivity index (χ3n) is 5.84. The van der Waals surface area contributed by atoms with Gasteiger partial charge in [0.15, 0.2) is 11.6 Å². The van der Waals surface area contributed by atoms with Crippen molar-refractivity contribution < 1.29 is 9.32 Å². The van der Waals surface area contributed by atoms with E-state index in [1.807, 2.05) is 66.6 Å². The average molecular weight is 425 g/mol. The summed E-state index contributed by atoms with van der Waals surface area (Å²) in [5.41, 5.74) is 4.25. The summed E-state index contributed by atoms with van der Waals surface area (Å²) in [7, 11) is 0. The first-order valence-corrected chi connectivity index (χ1v) is 10.7. The standard InChI is InChI=1S/C25H23N5O2/c1-17-15-22(32-29-17)21-16-27-24(19-7-11-26-12-8-19)28-23(21)18-9-13-30(14-10-18)25(31)20-5-3-2-4-6-20/h2-8,11-12,15-16,18H,9-10,13-14H2,1H3. The number of aromatic nitrogens is 4. The second-order valence-electron chi connectivity index (χ2n) is 7.99. The first-order chi connectivity index (χ1) is 15.7. The molecule has 160 valence electrons. The molecule has 0 spiro atoms. The van der Waals surface area contributed by atoms with E-state index >= 15 is 0 Å². The van der Waals surface area contributed by atoms with Gasteiger partial charge in [0.1, 0.15) is 0 Å². The van der Waals surface area contributed by atoms with Crippen molar-refractivity contribution in [3.63, 3.8) is 0 Å². The van der Waals surface area contributed by atoms with E-state index in [-0.39, 0.29) is 11.8 Å². The van der Waals surface area contributed by atoms with Gasteiger partial charge >= 0.3 is 0 Å². The van der Waals surface area contributed by atoms with Crippen molar-refractivity contribution in [3.05, 3.63) is 84.1 Å². The lowest BCUT2D eigenvalue weighted by atomic mass is 9.89. The second-order valence-corrected chi connectivity index (χ2v) is 7.99. The lowest BCUT2D eigenvalue weighted by Gasteiger charge is -2.32. The maximum Gasteiger partial charge on any atom is 0.253 e. The molecule has 4 aromatic rings. The topological polar surface area (TPSA) is 85.0 Å². The van der Waals surface area contributed by atoms with Crippen LogP contribution in [0.25, 0.3) is 22.7 Å². The summed E-state index contributed by atoms with van der Waals surface area (Å²) in [6, 6.07) is 15.2. The molecule has 1 saturated heterocycles. The quantitative estimate of drug-likeness (QED) is 0.478. The Morgan fingerprint density at radius 1 is 1.06 bits per heavy atom. The van der Waals surface area contributed by atoms with Crippen molar-refractivity contribution >= 4 is 5.91 Å². The van der Waals surface area contributed by atoms with E-state index in [2.05, 4.69) is 15.1 Å². The molecule has 0 unspecified atom stereocenters. The molecule has 1 fully saturated rings. The molecule has 1 aliphatic rings. The van der Waals surface area contributed by atoms with E-state index in [1.165, 1.54) is 0 Å². The summed E-state index contributed by atoms with van der Waals surface area (Å²) in [6.45, 7) is 3.26. The molecule has 0 saturated carbocycles. The van der Waals surface area contributed by atoms with Crippen LogP contribution in [0.5, 0.6) is 0 Å². The van der Waals surface area contributed by atoms with Gasteiger partial charge in [-0.05, 0) is 44.0 Å². The summed E-state index contributed by atoms with van der Waals surface area (Å²) in [6.07, 6.45) is 6.94. The van der Waals surface area contributed by atoms with Crippen LogP contribution < -0.4 is 0 Å². The van der Waals surface area contributed by atoms with E-state index < -0.39 is 0 Å². The third kappa shape index (κ3) is 4.01. The van der Waals surface area contributed by atoms with Gasteiger partial charge in [0.25, 0.3) is 5.91 Å². The summed E-state index contributed by atoms with van der Waals surface area (Å²) >= 11 is 0. The van der Waals surface area contributed by atoms with E-state index in [9.17, 15) is 4.79 Å². The molecular weight excluding hydrogens is 402 g/mol. The van der Waals surface area contributed by atoms with Crippen molar-refractivity contribution in [2.75, 3.05) is 13.1 Å². The lowest BCUT2D eigenvalue weighted by molar-refractivity contribution is 0.0712. The van der Waals surface area contributed by atoms with Crippen molar-refractivity contribution in [1.82, 2.24) is 25.0 Å². The number of rotatable bonds is 4. The number of hydrogen-bond donors (Lipinski definition) is 0. The van der Waals surface area contributed by atoms with Crippen LogP contribution in [0.1, 0.15) is 40.5 Å². The molecule has 1 aromatic carbocycles. The predicted molar refractivity (Wildman–Crippen MR) is 120 cm³/mol. The number of likely N-dealkylation sites (tertiary alicyclic amines) is 1. The van der Waals surface area contributed by atoms with Gasteiger partial charge < -0.3 is 9.42 Å². The first kappa shape index (κ1) is 20.1. The van der Waals surface area contributed by atoms with E-state index in [0.29, 0.717) is 24.7 Å². The van der Waals surface area contributed by atoms with Crippen LogP contribution in [0.4, 0.5) is 0 Å². The SMILES string of the molecule is Cc1cc(-c2cnc(-c3ccncc3)nc2C2CCN(C(=O)c3ccccc3)CC2)on1. The fourth-order valence-electron chi connectivity index (χ4n) is 4.15. The Morgan fingerprint density at radius 2 is 1.81 bits per heavy atom. The fraction of sp³-hybridized carbons (Fsp3) is 0.240. The largest absolute Gasteiger partial charge is 0.356 e. The number of benzene rings is 1. The van der Waals surface area contributed by atoms with Gasteiger partial charge in [-0.15, -0.1) is 0 Å². The van der Waals surface area contributed by atoms with Gasteiger partial charge in [-0.2, -0.15) is 0 Å². The number of carbonyl (C=O) groups is 1. The maximum atomic E-state index is 12.8. The number of nitrogens with zero attached hydrogens (tertiary/aromatic N) is 5. The number of amides is 1. The lowest BCUT2D eigenvalue weighted by Crippen LogP contribution is -2.38. The van der Waals surface area contributed by atoms with Gasteiger partial charge in [-0.25, -0.2) is 9.97 Å². The van der Waals surface area contributed by atoms with Crippen LogP contribution in [0.2, 0.25) is 0 Å². The van der Waals surface area contributed by atoms with Crippen molar-refractivity contribution in [1.29, 1.82) is 0 Å². The van der Waals surface area contributed by atoms with E-state index in [0.717, 1.165) is 40.9 Å². The predicted octanol–water partition coefficient (Wildman–Crippen LogP) is 4.52. The summed E-state index contributed by atoms with van der Waals surface area (Å²) in [5.74, 6) is 1.60. The number of piperidine rings is 1. The van der Waals surface area contributed by atoms with Crippen molar-refractivity contribution in [3.8, 4) is 22.7 Å². The molecule has 1 amide bonds.